The fraction of sp³-hybridized carbons (Fsp3) is 0.650. The molecule has 2 rings (SSSR count). The Morgan fingerprint density at radius 3 is 2.73 bits per heavy atom. The highest BCUT2D eigenvalue weighted by Crippen LogP contribution is 2.35. The normalized spacial score (nSPS) is 16.8. The summed E-state index contributed by atoms with van der Waals surface area (Å²) >= 11 is 0. The molecule has 1 aliphatic heterocycles. The molecule has 0 aliphatic carbocycles. The highest BCUT2D eigenvalue weighted by molar-refractivity contribution is 14.0. The summed E-state index contributed by atoms with van der Waals surface area (Å²) in [4.78, 5) is 4.44. The maximum absolute atomic E-state index is 13.0. The van der Waals surface area contributed by atoms with Crippen LogP contribution in [0.1, 0.15) is 25.3 Å². The van der Waals surface area contributed by atoms with Gasteiger partial charge in [0.1, 0.15) is 12.4 Å². The number of nitrogens with zero attached hydrogens (tertiary/aromatic N) is 1. The zero-order valence-corrected chi connectivity index (χ0v) is 19.5. The van der Waals surface area contributed by atoms with Crippen LogP contribution in [0.4, 0.5) is 13.2 Å². The number of nitrogens with one attached hydrogen (secondary N) is 2. The summed E-state index contributed by atoms with van der Waals surface area (Å²) < 4.78 is 55.1. The van der Waals surface area contributed by atoms with Crippen molar-refractivity contribution < 1.29 is 27.4 Å². The van der Waals surface area contributed by atoms with Crippen LogP contribution in [0.15, 0.2) is 29.3 Å². The van der Waals surface area contributed by atoms with Crippen LogP contribution in [-0.2, 0) is 15.7 Å². The zero-order valence-electron chi connectivity index (χ0n) is 17.2. The van der Waals surface area contributed by atoms with Crippen molar-refractivity contribution >= 4 is 29.9 Å². The molecule has 1 aromatic rings. The second-order valence-electron chi connectivity index (χ2n) is 6.69. The number of hydrogen-bond donors (Lipinski definition) is 2. The van der Waals surface area contributed by atoms with Crippen LogP contribution in [0.3, 0.4) is 0 Å². The molecular formula is C20H31F3IN3O3. The highest BCUT2D eigenvalue weighted by Gasteiger charge is 2.33. The average molecular weight is 545 g/mol. The van der Waals surface area contributed by atoms with Gasteiger partial charge < -0.3 is 24.8 Å². The van der Waals surface area contributed by atoms with Gasteiger partial charge in [-0.1, -0.05) is 12.1 Å². The minimum atomic E-state index is -4.44. The van der Waals surface area contributed by atoms with Crippen molar-refractivity contribution in [2.45, 2.75) is 25.9 Å². The first kappa shape index (κ1) is 26.8. The first-order valence-corrected chi connectivity index (χ1v) is 9.97. The molecule has 172 valence electrons. The zero-order chi connectivity index (χ0) is 21.0. The van der Waals surface area contributed by atoms with Gasteiger partial charge in [-0.05, 0) is 31.9 Å². The van der Waals surface area contributed by atoms with Gasteiger partial charge in [0.2, 0.25) is 0 Å². The second kappa shape index (κ2) is 14.7. The molecule has 0 spiro atoms. The van der Waals surface area contributed by atoms with Crippen molar-refractivity contribution in [3.63, 3.8) is 0 Å². The molecule has 1 heterocycles. The SMILES string of the molecule is CCNC(=NCCCOCC1CCOC1)NCCOc1ccccc1C(F)(F)F.I. The maximum atomic E-state index is 13.0. The minimum absolute atomic E-state index is 0. The van der Waals surface area contributed by atoms with Crippen molar-refractivity contribution in [2.24, 2.45) is 10.9 Å². The van der Waals surface area contributed by atoms with E-state index >= 15 is 0 Å². The molecule has 0 radical (unpaired) electrons. The lowest BCUT2D eigenvalue weighted by molar-refractivity contribution is -0.138. The third-order valence-corrected chi connectivity index (χ3v) is 4.28. The Hall–Kier alpha value is -1.27. The molecule has 0 amide bonds. The standard InChI is InChI=1S/C20H30F3N3O3.HI/c1-2-24-19(25-9-5-11-27-14-16-8-12-28-15-16)26-10-13-29-18-7-4-3-6-17(18)20(21,22)23;/h3-4,6-7,16H,2,5,8-15H2,1H3,(H2,24,25,26);1H. The summed E-state index contributed by atoms with van der Waals surface area (Å²) in [5, 5.41) is 6.16. The van der Waals surface area contributed by atoms with Gasteiger partial charge in [-0.3, -0.25) is 4.99 Å². The molecular weight excluding hydrogens is 514 g/mol. The number of rotatable bonds is 11. The Balaban J connectivity index is 0.00000450. The van der Waals surface area contributed by atoms with E-state index < -0.39 is 11.7 Å². The fourth-order valence-electron chi connectivity index (χ4n) is 2.82. The third kappa shape index (κ3) is 10.2. The number of alkyl halides is 3. The molecule has 0 saturated carbocycles. The van der Waals surface area contributed by atoms with Crippen LogP contribution < -0.4 is 15.4 Å². The summed E-state index contributed by atoms with van der Waals surface area (Å²) in [6, 6.07) is 5.19. The van der Waals surface area contributed by atoms with Gasteiger partial charge in [0, 0.05) is 32.2 Å². The quantitative estimate of drug-likeness (QED) is 0.192. The number of para-hydroxylation sites is 1. The number of ether oxygens (including phenoxy) is 3. The largest absolute Gasteiger partial charge is 0.491 e. The maximum Gasteiger partial charge on any atom is 0.419 e. The molecule has 2 N–H and O–H groups in total. The number of guanidine groups is 1. The van der Waals surface area contributed by atoms with Crippen LogP contribution >= 0.6 is 24.0 Å². The molecule has 1 fully saturated rings. The van der Waals surface area contributed by atoms with E-state index in [0.717, 1.165) is 38.7 Å². The smallest absolute Gasteiger partial charge is 0.419 e. The summed E-state index contributed by atoms with van der Waals surface area (Å²) in [5.74, 6) is 0.929. The van der Waals surface area contributed by atoms with E-state index in [4.69, 9.17) is 14.2 Å². The molecule has 30 heavy (non-hydrogen) atoms. The third-order valence-electron chi connectivity index (χ3n) is 4.28. The van der Waals surface area contributed by atoms with Gasteiger partial charge in [-0.15, -0.1) is 24.0 Å². The lowest BCUT2D eigenvalue weighted by atomic mass is 10.1. The molecule has 10 heteroatoms. The lowest BCUT2D eigenvalue weighted by Gasteiger charge is -2.15. The first-order chi connectivity index (χ1) is 14.0. The van der Waals surface area contributed by atoms with E-state index in [-0.39, 0.29) is 36.3 Å². The van der Waals surface area contributed by atoms with E-state index in [1.807, 2.05) is 6.92 Å². The molecule has 1 aromatic carbocycles. The Bertz CT molecular complexity index is 627. The van der Waals surface area contributed by atoms with E-state index in [2.05, 4.69) is 15.6 Å². The first-order valence-electron chi connectivity index (χ1n) is 9.97. The average Bonchev–Trinajstić information content (AvgIpc) is 3.20. The van der Waals surface area contributed by atoms with Gasteiger partial charge in [0.15, 0.2) is 5.96 Å². The fourth-order valence-corrected chi connectivity index (χ4v) is 2.82. The molecule has 6 nitrogen and oxygen atoms in total. The molecule has 1 atom stereocenters. The number of aliphatic imine (C=N–C) groups is 1. The molecule has 1 aliphatic rings. The number of halogens is 4. The predicted octanol–water partition coefficient (Wildman–Crippen LogP) is 3.70. The van der Waals surface area contributed by atoms with Crippen molar-refractivity contribution in [3.8, 4) is 5.75 Å². The second-order valence-corrected chi connectivity index (χ2v) is 6.69. The number of hydrogen-bond acceptors (Lipinski definition) is 4. The van der Waals surface area contributed by atoms with E-state index in [0.29, 0.717) is 38.1 Å². The molecule has 0 bridgehead atoms. The summed E-state index contributed by atoms with van der Waals surface area (Å²) in [6.45, 7) is 6.59. The molecule has 1 unspecified atom stereocenters. The van der Waals surface area contributed by atoms with Gasteiger partial charge in [-0.2, -0.15) is 13.2 Å². The molecule has 0 aromatic heterocycles. The van der Waals surface area contributed by atoms with Crippen LogP contribution in [0.5, 0.6) is 5.75 Å². The van der Waals surface area contributed by atoms with E-state index in [1.54, 1.807) is 0 Å². The van der Waals surface area contributed by atoms with Gasteiger partial charge in [0.25, 0.3) is 0 Å². The minimum Gasteiger partial charge on any atom is -0.491 e. The Morgan fingerprint density at radius 2 is 2.03 bits per heavy atom. The Labute approximate surface area is 193 Å². The van der Waals surface area contributed by atoms with Crippen molar-refractivity contribution in [1.82, 2.24) is 10.6 Å². The topological polar surface area (TPSA) is 64.1 Å². The van der Waals surface area contributed by atoms with Crippen LogP contribution in [0, 0.1) is 5.92 Å². The van der Waals surface area contributed by atoms with Crippen LogP contribution in [0.25, 0.3) is 0 Å². The van der Waals surface area contributed by atoms with Crippen LogP contribution in [0.2, 0.25) is 0 Å². The van der Waals surface area contributed by atoms with Crippen molar-refractivity contribution in [3.05, 3.63) is 29.8 Å². The Kier molecular flexibility index (Phi) is 13.1. The van der Waals surface area contributed by atoms with E-state index in [9.17, 15) is 13.2 Å². The summed E-state index contributed by atoms with van der Waals surface area (Å²) in [5.41, 5.74) is -0.773. The lowest BCUT2D eigenvalue weighted by Crippen LogP contribution is -2.39. The number of benzene rings is 1. The Morgan fingerprint density at radius 1 is 1.23 bits per heavy atom. The summed E-state index contributed by atoms with van der Waals surface area (Å²) in [7, 11) is 0. The van der Waals surface area contributed by atoms with Crippen LogP contribution in [-0.4, -0.2) is 58.6 Å². The van der Waals surface area contributed by atoms with Crippen molar-refractivity contribution in [1.29, 1.82) is 0 Å². The monoisotopic (exact) mass is 545 g/mol. The molecule has 1 saturated heterocycles. The summed E-state index contributed by atoms with van der Waals surface area (Å²) in [6.07, 6.45) is -2.59. The van der Waals surface area contributed by atoms with Gasteiger partial charge in [0.05, 0.1) is 25.3 Å². The highest BCUT2D eigenvalue weighted by atomic mass is 127. The van der Waals surface area contributed by atoms with E-state index in [1.165, 1.54) is 18.2 Å². The van der Waals surface area contributed by atoms with Gasteiger partial charge >= 0.3 is 6.18 Å². The predicted molar refractivity (Wildman–Crippen MR) is 121 cm³/mol. The van der Waals surface area contributed by atoms with Gasteiger partial charge in [-0.25, -0.2) is 0 Å². The van der Waals surface area contributed by atoms with Crippen molar-refractivity contribution in [2.75, 3.05) is 52.7 Å².